The number of thioether (sulfide) groups is 1. The molecular formula is C8H12N2S. The number of rotatable bonds is 1. The van der Waals surface area contributed by atoms with Crippen molar-refractivity contribution in [2.45, 2.75) is 11.8 Å². The first kappa shape index (κ1) is 8.27. The third-order valence-corrected chi connectivity index (χ3v) is 2.40. The van der Waals surface area contributed by atoms with E-state index >= 15 is 0 Å². The number of nitrogen functional groups attached to an aromatic ring is 2. The van der Waals surface area contributed by atoms with Gasteiger partial charge in [-0.3, -0.25) is 0 Å². The maximum atomic E-state index is 5.70. The number of hydrogen-bond acceptors (Lipinski definition) is 3. The lowest BCUT2D eigenvalue weighted by Gasteiger charge is -2.05. The lowest BCUT2D eigenvalue weighted by molar-refractivity contribution is 1.39. The molecule has 4 N–H and O–H groups in total. The molecule has 0 atom stereocenters. The fourth-order valence-electron chi connectivity index (χ4n) is 0.849. The smallest absolute Gasteiger partial charge is 0.0375 e. The highest BCUT2D eigenvalue weighted by Gasteiger charge is 2.00. The van der Waals surface area contributed by atoms with E-state index in [-0.39, 0.29) is 0 Å². The molecule has 0 bridgehead atoms. The van der Waals surface area contributed by atoms with Crippen molar-refractivity contribution in [3.63, 3.8) is 0 Å². The molecule has 0 fully saturated rings. The van der Waals surface area contributed by atoms with Gasteiger partial charge in [-0.1, -0.05) is 0 Å². The quantitative estimate of drug-likeness (QED) is 0.497. The van der Waals surface area contributed by atoms with Crippen LogP contribution in [0.2, 0.25) is 0 Å². The average Bonchev–Trinajstić information content (AvgIpc) is 1.99. The van der Waals surface area contributed by atoms with Crippen LogP contribution in [0.4, 0.5) is 11.4 Å². The summed E-state index contributed by atoms with van der Waals surface area (Å²) in [6.07, 6.45) is 2.00. The Hall–Kier alpha value is -0.830. The summed E-state index contributed by atoms with van der Waals surface area (Å²) >= 11 is 1.65. The molecule has 0 heterocycles. The van der Waals surface area contributed by atoms with Crippen LogP contribution in [0, 0.1) is 6.92 Å². The second kappa shape index (κ2) is 3.05. The monoisotopic (exact) mass is 168 g/mol. The lowest BCUT2D eigenvalue weighted by atomic mass is 10.2. The van der Waals surface area contributed by atoms with Crippen LogP contribution in [0.25, 0.3) is 0 Å². The lowest BCUT2D eigenvalue weighted by Crippen LogP contribution is -1.95. The number of anilines is 2. The Labute approximate surface area is 71.0 Å². The van der Waals surface area contributed by atoms with Crippen LogP contribution in [0.1, 0.15) is 5.56 Å². The molecule has 0 spiro atoms. The summed E-state index contributed by atoms with van der Waals surface area (Å²) in [5.74, 6) is 0. The van der Waals surface area contributed by atoms with E-state index < -0.39 is 0 Å². The molecule has 0 amide bonds. The van der Waals surface area contributed by atoms with Gasteiger partial charge < -0.3 is 11.5 Å². The first-order chi connectivity index (χ1) is 5.15. The van der Waals surface area contributed by atoms with Crippen molar-refractivity contribution in [1.29, 1.82) is 0 Å². The summed E-state index contributed by atoms with van der Waals surface area (Å²) < 4.78 is 0. The first-order valence-electron chi connectivity index (χ1n) is 3.34. The molecule has 0 saturated carbocycles. The van der Waals surface area contributed by atoms with Gasteiger partial charge >= 0.3 is 0 Å². The zero-order valence-corrected chi connectivity index (χ0v) is 7.53. The molecule has 0 radical (unpaired) electrons. The molecule has 1 aromatic carbocycles. The molecule has 1 rings (SSSR count). The molecule has 3 heteroatoms. The van der Waals surface area contributed by atoms with Crippen LogP contribution in [-0.2, 0) is 0 Å². The van der Waals surface area contributed by atoms with Gasteiger partial charge in [-0.05, 0) is 30.9 Å². The summed E-state index contributed by atoms with van der Waals surface area (Å²) in [5.41, 5.74) is 13.9. The van der Waals surface area contributed by atoms with Gasteiger partial charge in [0, 0.05) is 16.3 Å². The zero-order chi connectivity index (χ0) is 8.43. The Morgan fingerprint density at radius 3 is 2.00 bits per heavy atom. The molecule has 0 saturated heterocycles. The molecule has 2 nitrogen and oxygen atoms in total. The molecule has 11 heavy (non-hydrogen) atoms. The van der Waals surface area contributed by atoms with Crippen LogP contribution in [0.3, 0.4) is 0 Å². The number of benzene rings is 1. The van der Waals surface area contributed by atoms with E-state index in [1.165, 1.54) is 0 Å². The Bertz CT molecular complexity index is 248. The molecular weight excluding hydrogens is 156 g/mol. The van der Waals surface area contributed by atoms with E-state index in [4.69, 9.17) is 11.5 Å². The predicted molar refractivity (Wildman–Crippen MR) is 51.8 cm³/mol. The van der Waals surface area contributed by atoms with Gasteiger partial charge in [-0.2, -0.15) is 0 Å². The van der Waals surface area contributed by atoms with Gasteiger partial charge in [0.05, 0.1) is 0 Å². The van der Waals surface area contributed by atoms with E-state index in [1.54, 1.807) is 11.8 Å². The van der Waals surface area contributed by atoms with Crippen LogP contribution in [0.15, 0.2) is 17.0 Å². The average molecular weight is 168 g/mol. The highest BCUT2D eigenvalue weighted by Crippen LogP contribution is 2.25. The van der Waals surface area contributed by atoms with Crippen molar-refractivity contribution in [2.75, 3.05) is 17.7 Å². The van der Waals surface area contributed by atoms with Crippen molar-refractivity contribution in [3.8, 4) is 0 Å². The Morgan fingerprint density at radius 1 is 1.18 bits per heavy atom. The topological polar surface area (TPSA) is 52.0 Å². The number of hydrogen-bond donors (Lipinski definition) is 2. The largest absolute Gasteiger partial charge is 0.398 e. The summed E-state index contributed by atoms with van der Waals surface area (Å²) in [6.45, 7) is 1.93. The van der Waals surface area contributed by atoms with Crippen molar-refractivity contribution in [3.05, 3.63) is 17.7 Å². The van der Waals surface area contributed by atoms with Gasteiger partial charge in [0.2, 0.25) is 0 Å². The predicted octanol–water partition coefficient (Wildman–Crippen LogP) is 1.88. The molecule has 60 valence electrons. The minimum atomic E-state index is 0.773. The third-order valence-electron chi connectivity index (χ3n) is 1.70. The molecule has 0 unspecified atom stereocenters. The van der Waals surface area contributed by atoms with Crippen molar-refractivity contribution < 1.29 is 0 Å². The molecule has 0 aromatic heterocycles. The Balaban J connectivity index is 3.21. The normalized spacial score (nSPS) is 10.0. The van der Waals surface area contributed by atoms with Crippen molar-refractivity contribution >= 4 is 23.1 Å². The Morgan fingerprint density at radius 2 is 1.64 bits per heavy atom. The first-order valence-corrected chi connectivity index (χ1v) is 4.57. The van der Waals surface area contributed by atoms with Gasteiger partial charge in [-0.15, -0.1) is 11.8 Å². The second-order valence-electron chi connectivity index (χ2n) is 2.43. The minimum absolute atomic E-state index is 0.773. The van der Waals surface area contributed by atoms with Crippen LogP contribution in [0.5, 0.6) is 0 Å². The van der Waals surface area contributed by atoms with Crippen molar-refractivity contribution in [2.24, 2.45) is 0 Å². The van der Waals surface area contributed by atoms with Crippen LogP contribution in [-0.4, -0.2) is 6.26 Å². The van der Waals surface area contributed by atoms with Crippen molar-refractivity contribution in [1.82, 2.24) is 0 Å². The minimum Gasteiger partial charge on any atom is -0.398 e. The van der Waals surface area contributed by atoms with E-state index in [1.807, 2.05) is 25.3 Å². The standard InChI is InChI=1S/C8H12N2S/c1-5-7(9)3-6(11-2)4-8(5)10/h3-4H,9-10H2,1-2H3. The van der Waals surface area contributed by atoms with E-state index in [9.17, 15) is 0 Å². The fourth-order valence-corrected chi connectivity index (χ4v) is 1.34. The fraction of sp³-hybridized carbons (Fsp3) is 0.250. The molecule has 0 aliphatic heterocycles. The maximum absolute atomic E-state index is 5.70. The molecule has 0 aliphatic rings. The third kappa shape index (κ3) is 1.60. The van der Waals surface area contributed by atoms with Gasteiger partial charge in [0.15, 0.2) is 0 Å². The van der Waals surface area contributed by atoms with E-state index in [0.717, 1.165) is 21.8 Å². The maximum Gasteiger partial charge on any atom is 0.0375 e. The molecule has 0 aliphatic carbocycles. The summed E-state index contributed by atoms with van der Waals surface area (Å²) in [4.78, 5) is 1.12. The zero-order valence-electron chi connectivity index (χ0n) is 6.72. The SMILES string of the molecule is CSc1cc(N)c(C)c(N)c1. The highest BCUT2D eigenvalue weighted by atomic mass is 32.2. The molecule has 1 aromatic rings. The summed E-state index contributed by atoms with van der Waals surface area (Å²) in [7, 11) is 0. The van der Waals surface area contributed by atoms with Crippen LogP contribution < -0.4 is 11.5 Å². The summed E-state index contributed by atoms with van der Waals surface area (Å²) in [5, 5.41) is 0. The highest BCUT2D eigenvalue weighted by molar-refractivity contribution is 7.98. The van der Waals surface area contributed by atoms with E-state index in [2.05, 4.69) is 0 Å². The Kier molecular flexibility index (Phi) is 2.29. The second-order valence-corrected chi connectivity index (χ2v) is 3.31. The van der Waals surface area contributed by atoms with Gasteiger partial charge in [0.25, 0.3) is 0 Å². The van der Waals surface area contributed by atoms with Gasteiger partial charge in [-0.25, -0.2) is 0 Å². The van der Waals surface area contributed by atoms with Crippen LogP contribution >= 0.6 is 11.8 Å². The summed E-state index contributed by atoms with van der Waals surface area (Å²) in [6, 6.07) is 3.88. The van der Waals surface area contributed by atoms with E-state index in [0.29, 0.717) is 0 Å². The van der Waals surface area contributed by atoms with Gasteiger partial charge in [0.1, 0.15) is 0 Å². The number of nitrogens with two attached hydrogens (primary N) is 2.